The summed E-state index contributed by atoms with van der Waals surface area (Å²) in [6.07, 6.45) is 2.26. The van der Waals surface area contributed by atoms with E-state index in [1.807, 2.05) is 13.0 Å². The average Bonchev–Trinajstić information content (AvgIpc) is 2.42. The van der Waals surface area contributed by atoms with Crippen LogP contribution in [-0.4, -0.2) is 17.3 Å². The minimum atomic E-state index is -0.451. The van der Waals surface area contributed by atoms with Crippen LogP contribution in [0, 0.1) is 22.0 Å². The third-order valence-corrected chi connectivity index (χ3v) is 4.43. The van der Waals surface area contributed by atoms with E-state index in [-0.39, 0.29) is 23.3 Å². The van der Waals surface area contributed by atoms with Crippen LogP contribution in [-0.2, 0) is 4.79 Å². The van der Waals surface area contributed by atoms with Crippen LogP contribution in [0.15, 0.2) is 18.2 Å². The van der Waals surface area contributed by atoms with Crippen molar-refractivity contribution in [3.05, 3.63) is 38.9 Å². The Morgan fingerprint density at radius 2 is 2.20 bits per heavy atom. The third-order valence-electron chi connectivity index (χ3n) is 4.13. The van der Waals surface area contributed by atoms with E-state index in [1.54, 1.807) is 0 Å². The highest BCUT2D eigenvalue weighted by molar-refractivity contribution is 6.34. The van der Waals surface area contributed by atoms with Crippen LogP contribution in [0.1, 0.15) is 18.9 Å². The molecule has 0 fully saturated rings. The fourth-order valence-corrected chi connectivity index (χ4v) is 3.24. The molecule has 1 aliphatic heterocycles. The van der Waals surface area contributed by atoms with Crippen molar-refractivity contribution in [3.8, 4) is 0 Å². The average molecular weight is 293 g/mol. The van der Waals surface area contributed by atoms with Gasteiger partial charge in [-0.05, 0) is 5.57 Å². The van der Waals surface area contributed by atoms with Gasteiger partial charge in [-0.2, -0.15) is 0 Å². The Morgan fingerprint density at radius 3 is 2.90 bits per heavy atom. The van der Waals surface area contributed by atoms with Crippen LogP contribution in [0.4, 0.5) is 11.4 Å². The second-order valence-corrected chi connectivity index (χ2v) is 5.62. The van der Waals surface area contributed by atoms with Crippen LogP contribution >= 0.6 is 11.6 Å². The molecule has 0 bridgehead atoms. The van der Waals surface area contributed by atoms with Crippen molar-refractivity contribution in [1.82, 2.24) is 0 Å². The quantitative estimate of drug-likeness (QED) is 0.637. The highest BCUT2D eigenvalue weighted by Crippen LogP contribution is 2.45. The van der Waals surface area contributed by atoms with Gasteiger partial charge in [0, 0.05) is 42.5 Å². The number of anilines is 1. The molecule has 5 nitrogen and oxygen atoms in total. The van der Waals surface area contributed by atoms with Crippen molar-refractivity contribution < 1.29 is 9.72 Å². The Kier molecular flexibility index (Phi) is 3.01. The van der Waals surface area contributed by atoms with Crippen molar-refractivity contribution in [2.24, 2.45) is 11.8 Å². The molecular weight excluding hydrogens is 280 g/mol. The minimum Gasteiger partial charge on any atom is -0.383 e. The number of carbonyl (C=O) groups is 1. The first kappa shape index (κ1) is 13.1. The van der Waals surface area contributed by atoms with Gasteiger partial charge in [-0.15, -0.1) is 0 Å². The number of ketones is 1. The lowest BCUT2D eigenvalue weighted by Crippen LogP contribution is -2.34. The molecule has 0 spiro atoms. The van der Waals surface area contributed by atoms with Crippen molar-refractivity contribution in [2.75, 3.05) is 11.9 Å². The summed E-state index contributed by atoms with van der Waals surface area (Å²) in [7, 11) is 0. The predicted molar refractivity (Wildman–Crippen MR) is 76.9 cm³/mol. The summed E-state index contributed by atoms with van der Waals surface area (Å²) in [4.78, 5) is 22.3. The Balaban J connectivity index is 2.17. The van der Waals surface area contributed by atoms with Crippen LogP contribution in [0.25, 0.3) is 5.57 Å². The number of rotatable bonds is 1. The first-order valence-electron chi connectivity index (χ1n) is 6.44. The molecule has 1 N–H and O–H groups in total. The van der Waals surface area contributed by atoms with Crippen molar-refractivity contribution in [3.63, 3.8) is 0 Å². The normalized spacial score (nSPS) is 24.3. The SMILES string of the molecule is CC1C(=O)CC=C2c3cc([N+](=O)[O-])cc(Cl)c3NCC21. The third kappa shape index (κ3) is 1.89. The monoisotopic (exact) mass is 292 g/mol. The zero-order valence-corrected chi connectivity index (χ0v) is 11.6. The summed E-state index contributed by atoms with van der Waals surface area (Å²) in [6, 6.07) is 2.89. The number of nitrogens with zero attached hydrogens (tertiary/aromatic N) is 1. The van der Waals surface area contributed by atoms with Crippen molar-refractivity contribution in [1.29, 1.82) is 0 Å². The molecule has 3 rings (SSSR count). The molecule has 0 saturated heterocycles. The molecule has 0 saturated carbocycles. The van der Waals surface area contributed by atoms with Gasteiger partial charge >= 0.3 is 0 Å². The molecule has 1 aliphatic carbocycles. The molecule has 6 heteroatoms. The number of benzene rings is 1. The maximum atomic E-state index is 11.8. The van der Waals surface area contributed by atoms with E-state index in [1.165, 1.54) is 12.1 Å². The Morgan fingerprint density at radius 1 is 1.45 bits per heavy atom. The number of nitro groups is 1. The van der Waals surface area contributed by atoms with Gasteiger partial charge < -0.3 is 5.32 Å². The molecule has 104 valence electrons. The van der Waals surface area contributed by atoms with E-state index < -0.39 is 4.92 Å². The number of nitrogens with one attached hydrogen (secondary N) is 1. The first-order valence-corrected chi connectivity index (χ1v) is 6.81. The summed E-state index contributed by atoms with van der Waals surface area (Å²) in [5.41, 5.74) is 2.44. The fraction of sp³-hybridized carbons (Fsp3) is 0.357. The largest absolute Gasteiger partial charge is 0.383 e. The van der Waals surface area contributed by atoms with E-state index in [9.17, 15) is 14.9 Å². The number of hydrogen-bond donors (Lipinski definition) is 1. The summed E-state index contributed by atoms with van der Waals surface area (Å²) in [6.45, 7) is 2.54. The Hall–Kier alpha value is -1.88. The Labute approximate surface area is 120 Å². The number of hydrogen-bond acceptors (Lipinski definition) is 4. The van der Waals surface area contributed by atoms with Gasteiger partial charge in [-0.1, -0.05) is 24.6 Å². The standard InChI is InChI=1S/C14H13ClN2O3/c1-7-11-6-16-14-10(9(11)2-3-13(7)18)4-8(17(19)20)5-12(14)15/h2,4-5,7,11,16H,3,6H2,1H3. The van der Waals surface area contributed by atoms with E-state index >= 15 is 0 Å². The molecule has 1 aromatic carbocycles. The first-order chi connectivity index (χ1) is 9.49. The van der Waals surface area contributed by atoms with Gasteiger partial charge in [0.05, 0.1) is 15.6 Å². The fourth-order valence-electron chi connectivity index (χ4n) is 2.96. The zero-order chi connectivity index (χ0) is 14.4. The number of Topliss-reactive ketones (excluding diaryl/α,β-unsaturated/α-hetero) is 1. The number of carbonyl (C=O) groups excluding carboxylic acids is 1. The minimum absolute atomic E-state index is 0.0262. The smallest absolute Gasteiger partial charge is 0.271 e. The number of non-ortho nitro benzene ring substituents is 1. The molecular formula is C14H13ClN2O3. The number of allylic oxidation sites excluding steroid dienone is 1. The lowest BCUT2D eigenvalue weighted by molar-refractivity contribution is -0.384. The molecule has 0 aromatic heterocycles. The number of fused-ring (bicyclic) bond motifs is 3. The summed E-state index contributed by atoms with van der Waals surface area (Å²) in [5.74, 6) is 0.191. The molecule has 0 radical (unpaired) electrons. The van der Waals surface area contributed by atoms with Gasteiger partial charge in [0.15, 0.2) is 0 Å². The second-order valence-electron chi connectivity index (χ2n) is 5.21. The maximum Gasteiger partial charge on any atom is 0.271 e. The molecule has 20 heavy (non-hydrogen) atoms. The lowest BCUT2D eigenvalue weighted by atomic mass is 9.74. The van der Waals surface area contributed by atoms with E-state index in [0.29, 0.717) is 18.0 Å². The van der Waals surface area contributed by atoms with Gasteiger partial charge in [-0.25, -0.2) is 0 Å². The van der Waals surface area contributed by atoms with Crippen LogP contribution in [0.3, 0.4) is 0 Å². The summed E-state index contributed by atoms with van der Waals surface area (Å²) in [5, 5.41) is 14.5. The Bertz CT molecular complexity index is 654. The van der Waals surface area contributed by atoms with Gasteiger partial charge in [0.2, 0.25) is 0 Å². The zero-order valence-electron chi connectivity index (χ0n) is 10.9. The molecule has 2 unspecified atom stereocenters. The molecule has 0 amide bonds. The van der Waals surface area contributed by atoms with Crippen molar-refractivity contribution in [2.45, 2.75) is 13.3 Å². The summed E-state index contributed by atoms with van der Waals surface area (Å²) >= 11 is 6.13. The predicted octanol–water partition coefficient (Wildman–Crippen LogP) is 3.28. The van der Waals surface area contributed by atoms with E-state index in [2.05, 4.69) is 5.32 Å². The van der Waals surface area contributed by atoms with Crippen LogP contribution < -0.4 is 5.32 Å². The molecule has 1 aromatic rings. The van der Waals surface area contributed by atoms with Crippen molar-refractivity contribution >= 4 is 34.3 Å². The van der Waals surface area contributed by atoms with Crippen LogP contribution in [0.2, 0.25) is 5.02 Å². The topological polar surface area (TPSA) is 72.2 Å². The maximum absolute atomic E-state index is 11.8. The van der Waals surface area contributed by atoms with E-state index in [4.69, 9.17) is 11.6 Å². The van der Waals surface area contributed by atoms with E-state index in [0.717, 1.165) is 16.8 Å². The number of nitro benzene ring substituents is 1. The molecule has 2 aliphatic rings. The van der Waals surface area contributed by atoms with Gasteiger partial charge in [-0.3, -0.25) is 14.9 Å². The van der Waals surface area contributed by atoms with Gasteiger partial charge in [0.1, 0.15) is 5.78 Å². The lowest BCUT2D eigenvalue weighted by Gasteiger charge is -2.35. The highest BCUT2D eigenvalue weighted by Gasteiger charge is 2.36. The molecule has 2 atom stereocenters. The summed E-state index contributed by atoms with van der Waals surface area (Å²) < 4.78 is 0. The van der Waals surface area contributed by atoms with Crippen LogP contribution in [0.5, 0.6) is 0 Å². The molecule has 1 heterocycles. The number of halogens is 1. The van der Waals surface area contributed by atoms with Gasteiger partial charge in [0.25, 0.3) is 5.69 Å². The highest BCUT2D eigenvalue weighted by atomic mass is 35.5. The second kappa shape index (κ2) is 4.59.